The van der Waals surface area contributed by atoms with E-state index in [1.807, 2.05) is 6.92 Å². The zero-order chi connectivity index (χ0) is 14.0. The average Bonchev–Trinajstić information content (AvgIpc) is 3.21. The number of benzene rings is 1. The summed E-state index contributed by atoms with van der Waals surface area (Å²) in [5.41, 5.74) is 0.496. The number of rotatable bonds is 5. The van der Waals surface area contributed by atoms with Gasteiger partial charge in [-0.05, 0) is 25.7 Å². The average molecular weight is 262 g/mol. The summed E-state index contributed by atoms with van der Waals surface area (Å²) in [5.74, 6) is 0.536. The molecule has 0 N–H and O–H groups in total. The number of hydrogen-bond donors (Lipinski definition) is 0. The highest BCUT2D eigenvalue weighted by Crippen LogP contribution is 2.34. The van der Waals surface area contributed by atoms with Crippen LogP contribution in [0.15, 0.2) is 24.3 Å². The molecule has 0 aliphatic heterocycles. The number of nitro groups is 1. The fourth-order valence-electron chi connectivity index (χ4n) is 2.25. The van der Waals surface area contributed by atoms with Gasteiger partial charge in [-0.25, -0.2) is 0 Å². The first-order valence-electron chi connectivity index (χ1n) is 6.48. The van der Waals surface area contributed by atoms with E-state index in [9.17, 15) is 14.9 Å². The van der Waals surface area contributed by atoms with Gasteiger partial charge in [0.15, 0.2) is 0 Å². The smallest absolute Gasteiger partial charge is 0.273 e. The molecule has 1 unspecified atom stereocenters. The minimum atomic E-state index is -0.438. The summed E-state index contributed by atoms with van der Waals surface area (Å²) in [6.07, 6.45) is 2.43. The largest absolute Gasteiger partial charge is 0.342 e. The molecule has 102 valence electrons. The lowest BCUT2D eigenvalue weighted by Crippen LogP contribution is -2.37. The van der Waals surface area contributed by atoms with E-state index in [0.29, 0.717) is 11.5 Å². The van der Waals surface area contributed by atoms with E-state index in [2.05, 4.69) is 0 Å². The van der Waals surface area contributed by atoms with Crippen molar-refractivity contribution in [1.29, 1.82) is 0 Å². The monoisotopic (exact) mass is 262 g/mol. The Bertz CT molecular complexity index is 497. The Balaban J connectivity index is 2.08. The predicted molar refractivity (Wildman–Crippen MR) is 71.8 cm³/mol. The zero-order valence-electron chi connectivity index (χ0n) is 11.2. The zero-order valence-corrected chi connectivity index (χ0v) is 11.2. The molecule has 1 aliphatic carbocycles. The van der Waals surface area contributed by atoms with Gasteiger partial charge in [0.2, 0.25) is 5.91 Å². The summed E-state index contributed by atoms with van der Waals surface area (Å²) in [7, 11) is 1.78. The molecule has 0 bridgehead atoms. The Hall–Kier alpha value is -1.91. The van der Waals surface area contributed by atoms with E-state index >= 15 is 0 Å². The van der Waals surface area contributed by atoms with Gasteiger partial charge in [0.25, 0.3) is 5.69 Å². The highest BCUT2D eigenvalue weighted by molar-refractivity contribution is 5.80. The van der Waals surface area contributed by atoms with Crippen LogP contribution in [0.3, 0.4) is 0 Å². The lowest BCUT2D eigenvalue weighted by molar-refractivity contribution is -0.385. The van der Waals surface area contributed by atoms with Crippen molar-refractivity contribution in [2.24, 2.45) is 5.92 Å². The lowest BCUT2D eigenvalue weighted by atomic mass is 10.1. The first kappa shape index (κ1) is 13.5. The summed E-state index contributed by atoms with van der Waals surface area (Å²) < 4.78 is 0. The molecule has 1 aliphatic rings. The Morgan fingerprint density at radius 3 is 2.68 bits per heavy atom. The second-order valence-electron chi connectivity index (χ2n) is 5.15. The molecule has 19 heavy (non-hydrogen) atoms. The fourth-order valence-corrected chi connectivity index (χ4v) is 2.25. The normalized spacial score (nSPS) is 15.9. The first-order chi connectivity index (χ1) is 9.00. The SMILES string of the molecule is CC(C1CC1)N(C)C(=O)Cc1ccccc1[N+](=O)[O-]. The van der Waals surface area contributed by atoms with Crippen LogP contribution >= 0.6 is 0 Å². The number of carbonyl (C=O) groups is 1. The number of carbonyl (C=O) groups excluding carboxylic acids is 1. The molecule has 5 nitrogen and oxygen atoms in total. The number of nitrogens with zero attached hydrogens (tertiary/aromatic N) is 2. The van der Waals surface area contributed by atoms with Gasteiger partial charge >= 0.3 is 0 Å². The number of para-hydroxylation sites is 1. The van der Waals surface area contributed by atoms with Gasteiger partial charge in [-0.15, -0.1) is 0 Å². The van der Waals surface area contributed by atoms with Crippen LogP contribution in [0.5, 0.6) is 0 Å². The minimum absolute atomic E-state index is 0.0170. The topological polar surface area (TPSA) is 63.5 Å². The van der Waals surface area contributed by atoms with Crippen LogP contribution in [0.2, 0.25) is 0 Å². The quantitative estimate of drug-likeness (QED) is 0.604. The molecule has 0 radical (unpaired) electrons. The second-order valence-corrected chi connectivity index (χ2v) is 5.15. The molecule has 1 amide bonds. The number of hydrogen-bond acceptors (Lipinski definition) is 3. The molecule has 1 atom stereocenters. The van der Waals surface area contributed by atoms with E-state index in [1.54, 1.807) is 30.1 Å². The van der Waals surface area contributed by atoms with E-state index in [4.69, 9.17) is 0 Å². The molecule has 0 spiro atoms. The number of amides is 1. The van der Waals surface area contributed by atoms with Crippen LogP contribution in [-0.4, -0.2) is 28.8 Å². The van der Waals surface area contributed by atoms with Crippen molar-refractivity contribution in [3.63, 3.8) is 0 Å². The van der Waals surface area contributed by atoms with Gasteiger partial charge in [0.05, 0.1) is 11.3 Å². The van der Waals surface area contributed by atoms with Gasteiger partial charge < -0.3 is 4.90 Å². The van der Waals surface area contributed by atoms with Crippen LogP contribution in [0, 0.1) is 16.0 Å². The van der Waals surface area contributed by atoms with Crippen molar-refractivity contribution >= 4 is 11.6 Å². The minimum Gasteiger partial charge on any atom is -0.342 e. The molecular formula is C14H18N2O3. The van der Waals surface area contributed by atoms with Crippen molar-refractivity contribution in [3.8, 4) is 0 Å². The molecule has 0 heterocycles. The molecular weight excluding hydrogens is 244 g/mol. The second kappa shape index (κ2) is 5.38. The third kappa shape index (κ3) is 3.10. The molecule has 1 aromatic rings. The van der Waals surface area contributed by atoms with Crippen LogP contribution in [0.4, 0.5) is 5.69 Å². The van der Waals surface area contributed by atoms with Crippen molar-refractivity contribution in [2.75, 3.05) is 7.05 Å². The molecule has 0 saturated heterocycles. The molecule has 1 saturated carbocycles. The van der Waals surface area contributed by atoms with Crippen molar-refractivity contribution in [1.82, 2.24) is 4.90 Å². The Labute approximate surface area is 112 Å². The van der Waals surface area contributed by atoms with Crippen molar-refractivity contribution in [3.05, 3.63) is 39.9 Å². The molecule has 0 aromatic heterocycles. The van der Waals surface area contributed by atoms with Gasteiger partial charge in [-0.2, -0.15) is 0 Å². The van der Waals surface area contributed by atoms with Gasteiger partial charge in [0, 0.05) is 24.7 Å². The maximum absolute atomic E-state index is 12.2. The third-order valence-electron chi connectivity index (χ3n) is 3.84. The highest BCUT2D eigenvalue weighted by atomic mass is 16.6. The Morgan fingerprint density at radius 2 is 2.11 bits per heavy atom. The van der Waals surface area contributed by atoms with Crippen molar-refractivity contribution in [2.45, 2.75) is 32.2 Å². The van der Waals surface area contributed by atoms with Crippen LogP contribution in [-0.2, 0) is 11.2 Å². The maximum atomic E-state index is 12.2. The van der Waals surface area contributed by atoms with E-state index in [-0.39, 0.29) is 24.1 Å². The predicted octanol–water partition coefficient (Wildman–Crippen LogP) is 2.39. The van der Waals surface area contributed by atoms with Gasteiger partial charge in [0.1, 0.15) is 0 Å². The summed E-state index contributed by atoms with van der Waals surface area (Å²) in [5, 5.41) is 10.9. The summed E-state index contributed by atoms with van der Waals surface area (Å²) in [6, 6.07) is 6.64. The van der Waals surface area contributed by atoms with Gasteiger partial charge in [-0.3, -0.25) is 14.9 Å². The molecule has 1 aromatic carbocycles. The molecule has 5 heteroatoms. The maximum Gasteiger partial charge on any atom is 0.273 e. The van der Waals surface area contributed by atoms with Crippen LogP contribution in [0.1, 0.15) is 25.3 Å². The van der Waals surface area contributed by atoms with E-state index in [1.165, 1.54) is 18.9 Å². The highest BCUT2D eigenvalue weighted by Gasteiger charge is 2.32. The Morgan fingerprint density at radius 1 is 1.47 bits per heavy atom. The van der Waals surface area contributed by atoms with Crippen LogP contribution < -0.4 is 0 Å². The number of likely N-dealkylation sites (N-methyl/N-ethyl adjacent to an activating group) is 1. The summed E-state index contributed by atoms with van der Waals surface area (Å²) in [6.45, 7) is 2.04. The van der Waals surface area contributed by atoms with Crippen molar-refractivity contribution < 1.29 is 9.72 Å². The van der Waals surface area contributed by atoms with Gasteiger partial charge in [-0.1, -0.05) is 18.2 Å². The Kier molecular flexibility index (Phi) is 3.83. The summed E-state index contributed by atoms with van der Waals surface area (Å²) in [4.78, 5) is 24.3. The van der Waals surface area contributed by atoms with E-state index < -0.39 is 4.92 Å². The first-order valence-corrected chi connectivity index (χ1v) is 6.48. The van der Waals surface area contributed by atoms with Crippen LogP contribution in [0.25, 0.3) is 0 Å². The summed E-state index contributed by atoms with van der Waals surface area (Å²) >= 11 is 0. The standard InChI is InChI=1S/C14H18N2O3/c1-10(11-7-8-11)15(2)14(17)9-12-5-3-4-6-13(12)16(18)19/h3-6,10-11H,7-9H2,1-2H3. The fraction of sp³-hybridized carbons (Fsp3) is 0.500. The third-order valence-corrected chi connectivity index (χ3v) is 3.84. The van der Waals surface area contributed by atoms with E-state index in [0.717, 1.165) is 0 Å². The molecule has 2 rings (SSSR count). The number of nitro benzene ring substituents is 1. The lowest BCUT2D eigenvalue weighted by Gasteiger charge is -2.24. The molecule has 1 fully saturated rings.